The number of carbonyl (C=O) groups is 2. The molecule has 0 saturated heterocycles. The van der Waals surface area contributed by atoms with Crippen LogP contribution in [-0.4, -0.2) is 45.7 Å². The molecule has 36 heavy (non-hydrogen) atoms. The van der Waals surface area contributed by atoms with Crippen molar-refractivity contribution in [3.63, 3.8) is 0 Å². The predicted molar refractivity (Wildman–Crippen MR) is 133 cm³/mol. The molecule has 4 rings (SSSR count). The lowest BCUT2D eigenvalue weighted by molar-refractivity contribution is -0.127. The van der Waals surface area contributed by atoms with E-state index in [1.807, 2.05) is 0 Å². The van der Waals surface area contributed by atoms with Gasteiger partial charge >= 0.3 is 0 Å². The second-order valence-electron chi connectivity index (χ2n) is 8.70. The number of rotatable bonds is 9. The highest BCUT2D eigenvalue weighted by Gasteiger charge is 2.35. The van der Waals surface area contributed by atoms with Gasteiger partial charge in [0.25, 0.3) is 5.91 Å². The number of aromatic nitrogens is 2. The molecular formula is C26H29FN4O4S. The molecule has 0 bridgehead atoms. The Morgan fingerprint density at radius 1 is 1.11 bits per heavy atom. The van der Waals surface area contributed by atoms with Crippen LogP contribution in [0.2, 0.25) is 0 Å². The van der Waals surface area contributed by atoms with E-state index in [-0.39, 0.29) is 24.2 Å². The number of benzene rings is 2. The zero-order chi connectivity index (χ0) is 25.5. The molecule has 1 N–H and O–H groups in total. The molecule has 1 fully saturated rings. The second-order valence-corrected chi connectivity index (χ2v) is 9.26. The van der Waals surface area contributed by atoms with Crippen molar-refractivity contribution in [2.24, 2.45) is 0 Å². The minimum absolute atomic E-state index is 0.0302. The van der Waals surface area contributed by atoms with Crippen molar-refractivity contribution < 1.29 is 23.5 Å². The van der Waals surface area contributed by atoms with Crippen LogP contribution >= 0.6 is 11.7 Å². The molecule has 3 aromatic rings. The van der Waals surface area contributed by atoms with Crippen LogP contribution in [-0.2, 0) is 11.3 Å². The van der Waals surface area contributed by atoms with Crippen LogP contribution in [0.25, 0.3) is 0 Å². The zero-order valence-corrected chi connectivity index (χ0v) is 21.1. The van der Waals surface area contributed by atoms with E-state index in [9.17, 15) is 14.0 Å². The first-order valence-corrected chi connectivity index (χ1v) is 12.6. The van der Waals surface area contributed by atoms with Crippen molar-refractivity contribution in [2.75, 3.05) is 14.2 Å². The molecule has 2 aromatic carbocycles. The highest BCUT2D eigenvalue weighted by atomic mass is 32.1. The summed E-state index contributed by atoms with van der Waals surface area (Å²) in [6.07, 6.45) is 6.39. The summed E-state index contributed by atoms with van der Waals surface area (Å²) in [4.78, 5) is 28.9. The Morgan fingerprint density at radius 2 is 1.86 bits per heavy atom. The molecule has 0 spiro atoms. The third kappa shape index (κ3) is 5.99. The fourth-order valence-corrected chi connectivity index (χ4v) is 4.90. The maximum Gasteiger partial charge on any atom is 0.276 e. The number of hydrogen-bond donors (Lipinski definition) is 1. The lowest BCUT2D eigenvalue weighted by Crippen LogP contribution is -2.47. The lowest BCUT2D eigenvalue weighted by Gasteiger charge is -2.33. The Balaban J connectivity index is 1.76. The van der Waals surface area contributed by atoms with Crippen LogP contribution in [0.5, 0.6) is 11.5 Å². The summed E-state index contributed by atoms with van der Waals surface area (Å²) in [5.41, 5.74) is 1.30. The number of nitrogens with zero attached hydrogens (tertiary/aromatic N) is 3. The van der Waals surface area contributed by atoms with Crippen molar-refractivity contribution in [2.45, 2.75) is 50.7 Å². The van der Waals surface area contributed by atoms with Gasteiger partial charge in [0.2, 0.25) is 5.91 Å². The maximum absolute atomic E-state index is 13.8. The summed E-state index contributed by atoms with van der Waals surface area (Å²) in [5.74, 6) is -0.104. The number of hydrogen-bond acceptors (Lipinski definition) is 7. The maximum atomic E-state index is 13.8. The van der Waals surface area contributed by atoms with Crippen LogP contribution in [0.4, 0.5) is 4.39 Å². The van der Waals surface area contributed by atoms with Crippen molar-refractivity contribution >= 4 is 23.5 Å². The van der Waals surface area contributed by atoms with E-state index in [2.05, 4.69) is 14.1 Å². The molecule has 1 aliphatic carbocycles. The summed E-state index contributed by atoms with van der Waals surface area (Å²) in [5, 5.41) is 3.13. The molecule has 8 nitrogen and oxygen atoms in total. The number of halogens is 1. The van der Waals surface area contributed by atoms with Crippen LogP contribution in [0.3, 0.4) is 0 Å². The van der Waals surface area contributed by atoms with Gasteiger partial charge in [0.1, 0.15) is 23.4 Å². The van der Waals surface area contributed by atoms with Gasteiger partial charge in [0.15, 0.2) is 5.69 Å². The number of carbonyl (C=O) groups excluding carboxylic acids is 2. The molecule has 1 saturated carbocycles. The van der Waals surface area contributed by atoms with E-state index >= 15 is 0 Å². The molecule has 1 atom stereocenters. The number of nitrogens with one attached hydrogen (secondary N) is 1. The Bertz CT molecular complexity index is 1170. The average molecular weight is 513 g/mol. The van der Waals surface area contributed by atoms with Crippen molar-refractivity contribution in [3.8, 4) is 11.5 Å². The van der Waals surface area contributed by atoms with Gasteiger partial charge in [0, 0.05) is 17.7 Å². The first kappa shape index (κ1) is 25.6. The van der Waals surface area contributed by atoms with Gasteiger partial charge in [-0.05, 0) is 42.7 Å². The average Bonchev–Trinajstić information content (AvgIpc) is 3.45. The van der Waals surface area contributed by atoms with Crippen LogP contribution in [0.15, 0.2) is 48.7 Å². The van der Waals surface area contributed by atoms with E-state index in [0.29, 0.717) is 22.6 Å². The Morgan fingerprint density at radius 3 is 2.50 bits per heavy atom. The van der Waals surface area contributed by atoms with E-state index < -0.39 is 17.8 Å². The first-order chi connectivity index (χ1) is 17.5. The molecule has 2 amide bonds. The summed E-state index contributed by atoms with van der Waals surface area (Å²) < 4.78 is 32.7. The summed E-state index contributed by atoms with van der Waals surface area (Å²) in [6, 6.07) is 9.93. The third-order valence-electron chi connectivity index (χ3n) is 6.37. The normalized spacial score (nSPS) is 14.6. The quantitative estimate of drug-likeness (QED) is 0.453. The van der Waals surface area contributed by atoms with E-state index in [4.69, 9.17) is 9.47 Å². The Kier molecular flexibility index (Phi) is 8.48. The highest BCUT2D eigenvalue weighted by Crippen LogP contribution is 2.31. The first-order valence-electron chi connectivity index (χ1n) is 11.9. The number of methoxy groups -OCH3 is 2. The Hall–Kier alpha value is -3.53. The summed E-state index contributed by atoms with van der Waals surface area (Å²) >= 11 is 0.912. The molecule has 1 aliphatic rings. The predicted octanol–water partition coefficient (Wildman–Crippen LogP) is 4.53. The molecule has 1 unspecified atom stereocenters. The second kappa shape index (κ2) is 11.9. The fraction of sp³-hybridized carbons (Fsp3) is 0.385. The van der Waals surface area contributed by atoms with Gasteiger partial charge in [-0.2, -0.15) is 8.75 Å². The smallest absolute Gasteiger partial charge is 0.276 e. The van der Waals surface area contributed by atoms with Crippen LogP contribution in [0.1, 0.15) is 59.8 Å². The van der Waals surface area contributed by atoms with E-state index in [0.717, 1.165) is 43.8 Å². The highest BCUT2D eigenvalue weighted by molar-refractivity contribution is 6.99. The molecule has 1 heterocycles. The fourth-order valence-electron chi connectivity index (χ4n) is 4.50. The van der Waals surface area contributed by atoms with Gasteiger partial charge in [0.05, 0.1) is 38.7 Å². The summed E-state index contributed by atoms with van der Waals surface area (Å²) in [6.45, 7) is 0.0453. The van der Waals surface area contributed by atoms with Crippen LogP contribution in [0, 0.1) is 5.82 Å². The molecule has 0 radical (unpaired) electrons. The molecular weight excluding hydrogens is 483 g/mol. The SMILES string of the molecule is COc1ccc(CN(C(=O)c2cnsn2)C(C(=O)NC2CCCCC2)c2ccc(F)cc2)c(OC)c1. The topological polar surface area (TPSA) is 93.7 Å². The van der Waals surface area contributed by atoms with Gasteiger partial charge < -0.3 is 19.7 Å². The van der Waals surface area contributed by atoms with Gasteiger partial charge in [-0.1, -0.05) is 31.4 Å². The van der Waals surface area contributed by atoms with Gasteiger partial charge in [-0.25, -0.2) is 4.39 Å². The monoisotopic (exact) mass is 512 g/mol. The van der Waals surface area contributed by atoms with Crippen LogP contribution < -0.4 is 14.8 Å². The molecule has 10 heteroatoms. The minimum atomic E-state index is -1.02. The number of ether oxygens (including phenoxy) is 2. The lowest BCUT2D eigenvalue weighted by atomic mass is 9.94. The zero-order valence-electron chi connectivity index (χ0n) is 20.3. The van der Waals surface area contributed by atoms with E-state index in [1.165, 1.54) is 42.5 Å². The Labute approximate surface area is 213 Å². The molecule has 190 valence electrons. The molecule has 1 aromatic heterocycles. The number of amides is 2. The largest absolute Gasteiger partial charge is 0.497 e. The summed E-state index contributed by atoms with van der Waals surface area (Å²) in [7, 11) is 3.09. The van der Waals surface area contributed by atoms with Crippen molar-refractivity contribution in [3.05, 3.63) is 71.3 Å². The third-order valence-corrected chi connectivity index (χ3v) is 6.85. The standard InChI is InChI=1S/C26H29FN4O4S/c1-34-21-13-10-18(23(14-21)35-2)16-31(26(33)22-15-28-36-30-22)24(17-8-11-19(27)12-9-17)25(32)29-20-6-4-3-5-7-20/h8-15,20,24H,3-7,16H2,1-2H3,(H,29,32). The van der Waals surface area contributed by atoms with Gasteiger partial charge in [-0.15, -0.1) is 0 Å². The minimum Gasteiger partial charge on any atom is -0.497 e. The van der Waals surface area contributed by atoms with E-state index in [1.54, 1.807) is 25.3 Å². The molecule has 0 aliphatic heterocycles. The van der Waals surface area contributed by atoms with Crippen molar-refractivity contribution in [1.29, 1.82) is 0 Å². The van der Waals surface area contributed by atoms with Gasteiger partial charge in [-0.3, -0.25) is 9.59 Å². The van der Waals surface area contributed by atoms with Crippen molar-refractivity contribution in [1.82, 2.24) is 19.0 Å².